The first-order chi connectivity index (χ1) is 40.1. The van der Waals surface area contributed by atoms with Gasteiger partial charge in [-0.15, -0.1) is 0 Å². The number of likely N-dealkylation sites (N-methyl/N-ethyl adjacent to an activating group) is 1. The van der Waals surface area contributed by atoms with Crippen LogP contribution in [0.15, 0.2) is 12.2 Å². The molecule has 1 N–H and O–H groups in total. The second-order valence-electron chi connectivity index (χ2n) is 26.3. The van der Waals surface area contributed by atoms with E-state index in [1.54, 1.807) is 0 Å². The molecule has 2 atom stereocenters. The molecule has 0 spiro atoms. The number of hydrogen-bond acceptors (Lipinski definition) is 7. The number of esters is 2. The highest BCUT2D eigenvalue weighted by Crippen LogP contribution is 2.19. The van der Waals surface area contributed by atoms with E-state index < -0.39 is 18.4 Å². The number of aliphatic carboxylic acids is 1. The van der Waals surface area contributed by atoms with Crippen LogP contribution in [0.3, 0.4) is 0 Å². The minimum Gasteiger partial charge on any atom is -0.477 e. The van der Waals surface area contributed by atoms with E-state index in [-0.39, 0.29) is 38.2 Å². The maximum absolute atomic E-state index is 12.9. The van der Waals surface area contributed by atoms with Crippen molar-refractivity contribution >= 4 is 17.9 Å². The summed E-state index contributed by atoms with van der Waals surface area (Å²) in [6, 6.07) is 0. The molecular weight excluding hydrogens is 1020 g/mol. The molecule has 0 radical (unpaired) electrons. The number of quaternary nitrogens is 1. The molecule has 9 heteroatoms. The van der Waals surface area contributed by atoms with Crippen LogP contribution >= 0.6 is 0 Å². The van der Waals surface area contributed by atoms with Gasteiger partial charge in [0.2, 0.25) is 0 Å². The van der Waals surface area contributed by atoms with Crippen molar-refractivity contribution in [2.75, 3.05) is 47.5 Å². The molecular formula is C73H142NO8+. The van der Waals surface area contributed by atoms with Crippen molar-refractivity contribution in [3.63, 3.8) is 0 Å². The SMILES string of the molecule is CCCCCCCCCC/C=C\CCCCCCCCCCCCCCCCCCCCCCCCCCCCCCCC(=O)OC(COC(=O)CCCCCCCCCCCCCCCCCC)COC(OCC[N+](C)(C)C)C(=O)O. The Bertz CT molecular complexity index is 1350. The normalized spacial score (nSPS) is 12.6. The molecule has 486 valence electrons. The Labute approximate surface area is 510 Å². The van der Waals surface area contributed by atoms with Crippen LogP contribution in [0.5, 0.6) is 0 Å². The van der Waals surface area contributed by atoms with Crippen LogP contribution in [0.1, 0.15) is 380 Å². The standard InChI is InChI=1S/C73H141NO8/c1-6-8-10-12-14-16-18-20-22-24-25-26-27-28-29-30-31-32-33-34-35-36-37-38-39-40-41-42-43-44-45-46-47-48-50-52-54-56-58-60-62-64-71(76)82-69(68-81-73(72(77)78)79-66-65-74(3,4)5)67-80-70(75)63-61-59-57-55-53-51-49-23-21-19-17-15-13-11-9-7-2/h24-25,69,73H,6-23,26-68H2,1-5H3/p+1/b25-24-. The molecule has 82 heavy (non-hydrogen) atoms. The average molecular weight is 1160 g/mol. The van der Waals surface area contributed by atoms with Gasteiger partial charge in [-0.05, 0) is 38.5 Å². The summed E-state index contributed by atoms with van der Waals surface area (Å²) in [4.78, 5) is 37.5. The number of rotatable bonds is 69. The van der Waals surface area contributed by atoms with Gasteiger partial charge in [0.1, 0.15) is 13.2 Å². The predicted molar refractivity (Wildman–Crippen MR) is 351 cm³/mol. The highest BCUT2D eigenvalue weighted by molar-refractivity contribution is 5.71. The molecule has 9 nitrogen and oxygen atoms in total. The van der Waals surface area contributed by atoms with Gasteiger partial charge in [0.25, 0.3) is 6.29 Å². The zero-order valence-corrected chi connectivity index (χ0v) is 55.7. The molecule has 0 bridgehead atoms. The molecule has 0 saturated heterocycles. The molecule has 0 amide bonds. The summed E-state index contributed by atoms with van der Waals surface area (Å²) in [6.07, 6.45) is 76.5. The number of ether oxygens (including phenoxy) is 4. The number of carbonyl (C=O) groups is 3. The first-order valence-electron chi connectivity index (χ1n) is 36.4. The molecule has 0 fully saturated rings. The van der Waals surface area contributed by atoms with Crippen LogP contribution in [0.2, 0.25) is 0 Å². The Morgan fingerprint density at radius 1 is 0.354 bits per heavy atom. The number of unbranched alkanes of at least 4 members (excludes halogenated alkanes) is 52. The highest BCUT2D eigenvalue weighted by atomic mass is 16.7. The van der Waals surface area contributed by atoms with Crippen LogP contribution in [0.4, 0.5) is 0 Å². The lowest BCUT2D eigenvalue weighted by molar-refractivity contribution is -0.870. The third-order valence-corrected chi connectivity index (χ3v) is 16.8. The van der Waals surface area contributed by atoms with E-state index in [1.165, 1.54) is 315 Å². The van der Waals surface area contributed by atoms with Crippen LogP contribution in [-0.2, 0) is 33.3 Å². The van der Waals surface area contributed by atoms with E-state index in [0.29, 0.717) is 17.4 Å². The smallest absolute Gasteiger partial charge is 0.361 e. The summed E-state index contributed by atoms with van der Waals surface area (Å²) in [5, 5.41) is 9.73. The first kappa shape index (κ1) is 80.0. The fourth-order valence-electron chi connectivity index (χ4n) is 11.2. The van der Waals surface area contributed by atoms with Crippen molar-refractivity contribution < 1.29 is 42.9 Å². The summed E-state index contributed by atoms with van der Waals surface area (Å²) in [5.74, 6) is -1.97. The number of nitrogens with zero attached hydrogens (tertiary/aromatic N) is 1. The van der Waals surface area contributed by atoms with Gasteiger partial charge < -0.3 is 28.5 Å². The lowest BCUT2D eigenvalue weighted by Gasteiger charge is -2.25. The van der Waals surface area contributed by atoms with Crippen LogP contribution in [0, 0.1) is 0 Å². The van der Waals surface area contributed by atoms with E-state index in [4.69, 9.17) is 18.9 Å². The minimum atomic E-state index is -1.50. The summed E-state index contributed by atoms with van der Waals surface area (Å²) in [7, 11) is 5.99. The first-order valence-corrected chi connectivity index (χ1v) is 36.4. The van der Waals surface area contributed by atoms with Crippen LogP contribution < -0.4 is 0 Å². The molecule has 0 aliphatic carbocycles. The Morgan fingerprint density at radius 2 is 0.622 bits per heavy atom. The van der Waals surface area contributed by atoms with Crippen molar-refractivity contribution in [1.29, 1.82) is 0 Å². The maximum Gasteiger partial charge on any atom is 0.361 e. The second kappa shape index (κ2) is 65.0. The fourth-order valence-corrected chi connectivity index (χ4v) is 11.2. The largest absolute Gasteiger partial charge is 0.477 e. The van der Waals surface area contributed by atoms with E-state index in [2.05, 4.69) is 26.0 Å². The van der Waals surface area contributed by atoms with Gasteiger partial charge in [0, 0.05) is 12.8 Å². The zero-order valence-electron chi connectivity index (χ0n) is 55.7. The molecule has 0 aliphatic rings. The Hall–Kier alpha value is -1.97. The number of carboxylic acid groups (broad SMARTS) is 1. The van der Waals surface area contributed by atoms with E-state index in [9.17, 15) is 19.5 Å². The topological polar surface area (TPSA) is 108 Å². The third-order valence-electron chi connectivity index (χ3n) is 16.8. The van der Waals surface area contributed by atoms with Crippen LogP contribution in [-0.4, -0.2) is 87.4 Å². The lowest BCUT2D eigenvalue weighted by atomic mass is 10.0. The van der Waals surface area contributed by atoms with E-state index in [1.807, 2.05) is 21.1 Å². The lowest BCUT2D eigenvalue weighted by Crippen LogP contribution is -2.40. The molecule has 0 aromatic heterocycles. The van der Waals surface area contributed by atoms with Crippen molar-refractivity contribution in [3.8, 4) is 0 Å². The van der Waals surface area contributed by atoms with Crippen molar-refractivity contribution in [1.82, 2.24) is 0 Å². The van der Waals surface area contributed by atoms with Crippen molar-refractivity contribution in [2.45, 2.75) is 392 Å². The van der Waals surface area contributed by atoms with Gasteiger partial charge >= 0.3 is 17.9 Å². The second-order valence-corrected chi connectivity index (χ2v) is 26.3. The zero-order chi connectivity index (χ0) is 59.8. The number of carboxylic acids is 1. The number of carbonyl (C=O) groups excluding carboxylic acids is 2. The minimum absolute atomic E-state index is 0.173. The summed E-state index contributed by atoms with van der Waals surface area (Å²) in [5.41, 5.74) is 0. The quantitative estimate of drug-likeness (QED) is 0.0211. The average Bonchev–Trinajstić information content (AvgIpc) is 3.45. The summed E-state index contributed by atoms with van der Waals surface area (Å²) < 4.78 is 23.0. The van der Waals surface area contributed by atoms with Gasteiger partial charge in [0.15, 0.2) is 6.10 Å². The monoisotopic (exact) mass is 1160 g/mol. The molecule has 0 aromatic rings. The Kier molecular flexibility index (Phi) is 63.5. The Balaban J connectivity index is 3.88. The van der Waals surface area contributed by atoms with Crippen molar-refractivity contribution in [3.05, 3.63) is 12.2 Å². The highest BCUT2D eigenvalue weighted by Gasteiger charge is 2.25. The van der Waals surface area contributed by atoms with Crippen LogP contribution in [0.25, 0.3) is 0 Å². The predicted octanol–water partition coefficient (Wildman–Crippen LogP) is 22.4. The molecule has 0 aromatic carbocycles. The summed E-state index contributed by atoms with van der Waals surface area (Å²) in [6.45, 7) is 4.95. The van der Waals surface area contributed by atoms with E-state index >= 15 is 0 Å². The van der Waals surface area contributed by atoms with Gasteiger partial charge in [0.05, 0.1) is 34.4 Å². The summed E-state index contributed by atoms with van der Waals surface area (Å²) >= 11 is 0. The van der Waals surface area contributed by atoms with E-state index in [0.717, 1.165) is 38.5 Å². The number of hydrogen-bond donors (Lipinski definition) is 1. The molecule has 0 aliphatic heterocycles. The fraction of sp³-hybridized carbons (Fsp3) is 0.932. The Morgan fingerprint density at radius 3 is 0.902 bits per heavy atom. The van der Waals surface area contributed by atoms with Gasteiger partial charge in [-0.3, -0.25) is 9.59 Å². The van der Waals surface area contributed by atoms with Crippen molar-refractivity contribution in [2.24, 2.45) is 0 Å². The molecule has 0 saturated carbocycles. The molecule has 0 rings (SSSR count). The van der Waals surface area contributed by atoms with Gasteiger partial charge in [-0.2, -0.15) is 0 Å². The van der Waals surface area contributed by atoms with Gasteiger partial charge in [-0.1, -0.05) is 341 Å². The molecule has 2 unspecified atom stereocenters. The third kappa shape index (κ3) is 65.6. The molecule has 0 heterocycles. The number of allylic oxidation sites excluding steroid dienone is 2. The maximum atomic E-state index is 12.9. The van der Waals surface area contributed by atoms with Gasteiger partial charge in [-0.25, -0.2) is 4.79 Å².